The molecule has 0 aromatic carbocycles. The van der Waals surface area contributed by atoms with Gasteiger partial charge in [-0.2, -0.15) is 0 Å². The summed E-state index contributed by atoms with van der Waals surface area (Å²) in [6.45, 7) is 10.8. The van der Waals surface area contributed by atoms with Crippen molar-refractivity contribution in [3.8, 4) is 0 Å². The molecule has 3 heteroatoms. The molecule has 1 rings (SSSR count). The van der Waals surface area contributed by atoms with E-state index in [1.165, 1.54) is 12.8 Å². The molecule has 0 bridgehead atoms. The first-order valence-electron chi connectivity index (χ1n) is 6.08. The summed E-state index contributed by atoms with van der Waals surface area (Å²) in [5.41, 5.74) is 0.0372. The Morgan fingerprint density at radius 1 is 1.47 bits per heavy atom. The van der Waals surface area contributed by atoms with Gasteiger partial charge in [-0.15, -0.1) is 0 Å². The van der Waals surface area contributed by atoms with E-state index in [0.717, 1.165) is 26.2 Å². The number of nitrogens with one attached hydrogen (secondary N) is 1. The molecule has 0 amide bonds. The molecule has 1 aliphatic rings. The second kappa shape index (κ2) is 5.83. The van der Waals surface area contributed by atoms with Gasteiger partial charge in [0.25, 0.3) is 0 Å². The lowest BCUT2D eigenvalue weighted by Crippen LogP contribution is -2.51. The third-order valence-electron chi connectivity index (χ3n) is 3.13. The highest BCUT2D eigenvalue weighted by atomic mass is 16.5. The number of morpholine rings is 1. The first kappa shape index (κ1) is 12.9. The number of hydrogen-bond donors (Lipinski definition) is 1. The summed E-state index contributed by atoms with van der Waals surface area (Å²) in [4.78, 5) is 2.55. The van der Waals surface area contributed by atoms with Gasteiger partial charge in [0.15, 0.2) is 0 Å². The fourth-order valence-electron chi connectivity index (χ4n) is 2.19. The van der Waals surface area contributed by atoms with Crippen LogP contribution in [0.1, 0.15) is 33.6 Å². The molecule has 1 unspecified atom stereocenters. The van der Waals surface area contributed by atoms with Crippen molar-refractivity contribution in [3.63, 3.8) is 0 Å². The van der Waals surface area contributed by atoms with E-state index in [1.807, 2.05) is 7.05 Å². The van der Waals surface area contributed by atoms with E-state index in [2.05, 4.69) is 31.0 Å². The zero-order valence-corrected chi connectivity index (χ0v) is 10.7. The van der Waals surface area contributed by atoms with E-state index < -0.39 is 0 Å². The smallest absolute Gasteiger partial charge is 0.0753 e. The van der Waals surface area contributed by atoms with Crippen LogP contribution >= 0.6 is 0 Å². The molecule has 0 saturated carbocycles. The SMILES string of the molecule is CNCCCC(C)N1CCOC(C)(C)C1. The Kier molecular flexibility index (Phi) is 5.03. The summed E-state index contributed by atoms with van der Waals surface area (Å²) in [6, 6.07) is 0.682. The molecule has 90 valence electrons. The Labute approximate surface area is 94.2 Å². The van der Waals surface area contributed by atoms with Gasteiger partial charge in [-0.25, -0.2) is 0 Å². The minimum atomic E-state index is 0.0372. The maximum absolute atomic E-state index is 5.72. The lowest BCUT2D eigenvalue weighted by atomic mass is 10.0. The summed E-state index contributed by atoms with van der Waals surface area (Å²) in [7, 11) is 2.02. The minimum absolute atomic E-state index is 0.0372. The van der Waals surface area contributed by atoms with Crippen molar-refractivity contribution >= 4 is 0 Å². The monoisotopic (exact) mass is 214 g/mol. The van der Waals surface area contributed by atoms with Crippen molar-refractivity contribution in [1.82, 2.24) is 10.2 Å². The van der Waals surface area contributed by atoms with Gasteiger partial charge >= 0.3 is 0 Å². The highest BCUT2D eigenvalue weighted by molar-refractivity contribution is 4.82. The molecule has 1 N–H and O–H groups in total. The van der Waals surface area contributed by atoms with Crippen molar-refractivity contribution in [2.24, 2.45) is 0 Å². The third-order valence-corrected chi connectivity index (χ3v) is 3.13. The molecule has 1 saturated heterocycles. The maximum Gasteiger partial charge on any atom is 0.0753 e. The number of ether oxygens (including phenoxy) is 1. The maximum atomic E-state index is 5.72. The lowest BCUT2D eigenvalue weighted by molar-refractivity contribution is -0.0960. The molecule has 1 atom stereocenters. The van der Waals surface area contributed by atoms with Crippen LogP contribution < -0.4 is 5.32 Å². The molecule has 1 fully saturated rings. The quantitative estimate of drug-likeness (QED) is 0.702. The fourth-order valence-corrected chi connectivity index (χ4v) is 2.19. The molecule has 0 spiro atoms. The second-order valence-corrected chi connectivity index (χ2v) is 5.17. The van der Waals surface area contributed by atoms with Gasteiger partial charge in [-0.05, 0) is 47.2 Å². The highest BCUT2D eigenvalue weighted by Gasteiger charge is 2.29. The predicted molar refractivity (Wildman–Crippen MR) is 64.2 cm³/mol. The van der Waals surface area contributed by atoms with Gasteiger partial charge in [0.05, 0.1) is 12.2 Å². The van der Waals surface area contributed by atoms with Gasteiger partial charge in [0.1, 0.15) is 0 Å². The van der Waals surface area contributed by atoms with Crippen LogP contribution in [0.25, 0.3) is 0 Å². The number of hydrogen-bond acceptors (Lipinski definition) is 3. The normalized spacial score (nSPS) is 24.0. The summed E-state index contributed by atoms with van der Waals surface area (Å²) in [5, 5.41) is 3.20. The minimum Gasteiger partial charge on any atom is -0.373 e. The van der Waals surface area contributed by atoms with E-state index in [0.29, 0.717) is 6.04 Å². The summed E-state index contributed by atoms with van der Waals surface area (Å²) in [5.74, 6) is 0. The molecule has 15 heavy (non-hydrogen) atoms. The molecular weight excluding hydrogens is 188 g/mol. The number of rotatable bonds is 5. The second-order valence-electron chi connectivity index (χ2n) is 5.17. The van der Waals surface area contributed by atoms with Gasteiger partial charge < -0.3 is 10.1 Å². The average molecular weight is 214 g/mol. The summed E-state index contributed by atoms with van der Waals surface area (Å²) in [6.07, 6.45) is 2.53. The Bertz CT molecular complexity index is 182. The van der Waals surface area contributed by atoms with Crippen molar-refractivity contribution in [2.75, 3.05) is 33.3 Å². The van der Waals surface area contributed by atoms with Crippen LogP contribution in [0.4, 0.5) is 0 Å². The molecule has 0 aromatic heterocycles. The van der Waals surface area contributed by atoms with Crippen LogP contribution in [-0.4, -0.2) is 49.8 Å². The van der Waals surface area contributed by atoms with E-state index >= 15 is 0 Å². The molecule has 0 aliphatic carbocycles. The van der Waals surface area contributed by atoms with Crippen molar-refractivity contribution in [1.29, 1.82) is 0 Å². The van der Waals surface area contributed by atoms with E-state index in [4.69, 9.17) is 4.74 Å². The predicted octanol–water partition coefficient (Wildman–Crippen LogP) is 1.49. The van der Waals surface area contributed by atoms with Gasteiger partial charge in [0.2, 0.25) is 0 Å². The average Bonchev–Trinajstić information content (AvgIpc) is 2.16. The zero-order valence-electron chi connectivity index (χ0n) is 10.7. The Morgan fingerprint density at radius 2 is 2.20 bits per heavy atom. The molecular formula is C12H26N2O. The fraction of sp³-hybridized carbons (Fsp3) is 1.00. The summed E-state index contributed by atoms with van der Waals surface area (Å²) < 4.78 is 5.72. The third kappa shape index (κ3) is 4.49. The van der Waals surface area contributed by atoms with Crippen molar-refractivity contribution in [2.45, 2.75) is 45.3 Å². The highest BCUT2D eigenvalue weighted by Crippen LogP contribution is 2.19. The van der Waals surface area contributed by atoms with Crippen LogP contribution in [0.15, 0.2) is 0 Å². The van der Waals surface area contributed by atoms with E-state index in [9.17, 15) is 0 Å². The standard InChI is InChI=1S/C12H26N2O/c1-11(6-5-7-13-4)14-8-9-15-12(2,3)10-14/h11,13H,5-10H2,1-4H3. The van der Waals surface area contributed by atoms with Crippen LogP contribution in [0.2, 0.25) is 0 Å². The molecule has 0 aromatic rings. The first-order chi connectivity index (χ1) is 7.05. The topological polar surface area (TPSA) is 24.5 Å². The molecule has 0 radical (unpaired) electrons. The van der Waals surface area contributed by atoms with Crippen LogP contribution in [0.3, 0.4) is 0 Å². The van der Waals surface area contributed by atoms with Crippen LogP contribution in [0, 0.1) is 0 Å². The first-order valence-corrected chi connectivity index (χ1v) is 6.08. The van der Waals surface area contributed by atoms with E-state index in [1.54, 1.807) is 0 Å². The van der Waals surface area contributed by atoms with Crippen molar-refractivity contribution in [3.05, 3.63) is 0 Å². The molecule has 3 nitrogen and oxygen atoms in total. The van der Waals surface area contributed by atoms with Gasteiger partial charge in [-0.1, -0.05) is 0 Å². The van der Waals surface area contributed by atoms with Crippen LogP contribution in [-0.2, 0) is 4.74 Å². The number of nitrogens with zero attached hydrogens (tertiary/aromatic N) is 1. The Morgan fingerprint density at radius 3 is 2.80 bits per heavy atom. The van der Waals surface area contributed by atoms with Gasteiger partial charge in [0, 0.05) is 19.1 Å². The largest absolute Gasteiger partial charge is 0.373 e. The molecule has 1 heterocycles. The van der Waals surface area contributed by atoms with Gasteiger partial charge in [-0.3, -0.25) is 4.90 Å². The van der Waals surface area contributed by atoms with Crippen molar-refractivity contribution < 1.29 is 4.74 Å². The zero-order chi connectivity index (χ0) is 11.3. The van der Waals surface area contributed by atoms with E-state index in [-0.39, 0.29) is 5.60 Å². The Balaban J connectivity index is 2.29. The summed E-state index contributed by atoms with van der Waals surface area (Å²) >= 11 is 0. The van der Waals surface area contributed by atoms with Crippen LogP contribution in [0.5, 0.6) is 0 Å². The molecule has 1 aliphatic heterocycles. The lowest BCUT2D eigenvalue weighted by Gasteiger charge is -2.41. The Hall–Kier alpha value is -0.120.